The van der Waals surface area contributed by atoms with Gasteiger partial charge in [0.2, 0.25) is 0 Å². The third-order valence-corrected chi connectivity index (χ3v) is 6.15. The predicted molar refractivity (Wildman–Crippen MR) is 128 cm³/mol. The molecule has 4 rings (SSSR count). The molecule has 7 heteroatoms. The minimum Gasteiger partial charge on any atom is -0.480 e. The van der Waals surface area contributed by atoms with Gasteiger partial charge in [0, 0.05) is 61.9 Å². The number of aliphatic carboxylic acids is 1. The first-order chi connectivity index (χ1) is 15.8. The number of carboxylic acids is 2. The molecule has 0 bridgehead atoms. The lowest BCUT2D eigenvalue weighted by molar-refractivity contribution is -0.144. The summed E-state index contributed by atoms with van der Waals surface area (Å²) < 4.78 is 1.96. The smallest absolute Gasteiger partial charge is 0.335 e. The summed E-state index contributed by atoms with van der Waals surface area (Å²) >= 11 is 0. The van der Waals surface area contributed by atoms with Gasteiger partial charge in [0.1, 0.15) is 6.04 Å². The van der Waals surface area contributed by atoms with E-state index in [4.69, 9.17) is 0 Å². The standard InChI is InChI=1S/C26H29N3O4/c1-18(2)15-27-10-12-28(13-11-27)24(26(32)33)22-17-29(16-19-6-4-3-5-7-19)23-14-20(25(30)31)8-9-21(22)23/h3-9,14,17,24H,1,10-13,15-16H2,2H3,(H,30,31)(H,32,33). The van der Waals surface area contributed by atoms with E-state index < -0.39 is 18.0 Å². The molecule has 0 amide bonds. The monoisotopic (exact) mass is 447 g/mol. The number of carbonyl (C=O) groups is 2. The minimum atomic E-state index is -1.01. The molecule has 1 aliphatic rings. The van der Waals surface area contributed by atoms with Crippen LogP contribution in [0.15, 0.2) is 66.9 Å². The van der Waals surface area contributed by atoms with Crippen molar-refractivity contribution in [1.82, 2.24) is 14.4 Å². The van der Waals surface area contributed by atoms with Crippen LogP contribution >= 0.6 is 0 Å². The zero-order valence-corrected chi connectivity index (χ0v) is 18.8. The molecule has 1 saturated heterocycles. The second kappa shape index (κ2) is 9.60. The highest BCUT2D eigenvalue weighted by Crippen LogP contribution is 2.32. The molecule has 3 aromatic rings. The van der Waals surface area contributed by atoms with Crippen LogP contribution in [0, 0.1) is 0 Å². The van der Waals surface area contributed by atoms with Gasteiger partial charge in [0.15, 0.2) is 0 Å². The first-order valence-corrected chi connectivity index (χ1v) is 11.1. The highest BCUT2D eigenvalue weighted by atomic mass is 16.4. The molecular weight excluding hydrogens is 418 g/mol. The summed E-state index contributed by atoms with van der Waals surface area (Å²) in [5, 5.41) is 20.5. The Balaban J connectivity index is 1.72. The molecule has 0 radical (unpaired) electrons. The molecule has 1 fully saturated rings. The average Bonchev–Trinajstić information content (AvgIpc) is 3.12. The van der Waals surface area contributed by atoms with Gasteiger partial charge in [-0.3, -0.25) is 14.6 Å². The van der Waals surface area contributed by atoms with Gasteiger partial charge >= 0.3 is 11.9 Å². The molecule has 7 nitrogen and oxygen atoms in total. The molecule has 1 atom stereocenters. The number of piperazine rings is 1. The van der Waals surface area contributed by atoms with Gasteiger partial charge in [-0.05, 0) is 24.6 Å². The third-order valence-electron chi connectivity index (χ3n) is 6.15. The first kappa shape index (κ1) is 22.8. The Bertz CT molecular complexity index is 1180. The van der Waals surface area contributed by atoms with E-state index in [2.05, 4.69) is 11.5 Å². The van der Waals surface area contributed by atoms with Gasteiger partial charge in [-0.15, -0.1) is 0 Å². The van der Waals surface area contributed by atoms with Gasteiger partial charge in [0.25, 0.3) is 0 Å². The minimum absolute atomic E-state index is 0.182. The van der Waals surface area contributed by atoms with Gasteiger partial charge in [-0.25, -0.2) is 4.79 Å². The summed E-state index contributed by atoms with van der Waals surface area (Å²) in [5.41, 5.74) is 3.75. The summed E-state index contributed by atoms with van der Waals surface area (Å²) in [6.07, 6.45) is 1.88. The Kier molecular flexibility index (Phi) is 6.62. The quantitative estimate of drug-likeness (QED) is 0.512. The molecule has 0 spiro atoms. The number of fused-ring (bicyclic) bond motifs is 1. The Morgan fingerprint density at radius 2 is 1.73 bits per heavy atom. The van der Waals surface area contributed by atoms with Crippen LogP contribution in [-0.4, -0.2) is 69.2 Å². The van der Waals surface area contributed by atoms with Gasteiger partial charge in [-0.2, -0.15) is 0 Å². The largest absolute Gasteiger partial charge is 0.480 e. The number of aromatic nitrogens is 1. The van der Waals surface area contributed by atoms with Crippen molar-refractivity contribution in [2.24, 2.45) is 0 Å². The Morgan fingerprint density at radius 1 is 1.03 bits per heavy atom. The molecule has 2 N–H and O–H groups in total. The molecule has 2 heterocycles. The number of hydrogen-bond acceptors (Lipinski definition) is 4. The van der Waals surface area contributed by atoms with Crippen LogP contribution < -0.4 is 0 Å². The van der Waals surface area contributed by atoms with E-state index in [1.807, 2.05) is 52.9 Å². The molecule has 1 unspecified atom stereocenters. The van der Waals surface area contributed by atoms with E-state index in [9.17, 15) is 19.8 Å². The molecular formula is C26H29N3O4. The zero-order chi connectivity index (χ0) is 23.5. The van der Waals surface area contributed by atoms with Crippen LogP contribution in [0.3, 0.4) is 0 Å². The first-order valence-electron chi connectivity index (χ1n) is 11.1. The molecule has 172 valence electrons. The summed E-state index contributed by atoms with van der Waals surface area (Å²) in [6.45, 7) is 10.2. The molecule has 2 aromatic carbocycles. The normalized spacial score (nSPS) is 16.0. The van der Waals surface area contributed by atoms with E-state index >= 15 is 0 Å². The van der Waals surface area contributed by atoms with Crippen LogP contribution in [0.2, 0.25) is 0 Å². The summed E-state index contributed by atoms with van der Waals surface area (Å²) in [4.78, 5) is 28.4. The zero-order valence-electron chi connectivity index (χ0n) is 18.8. The van der Waals surface area contributed by atoms with Crippen LogP contribution in [0.25, 0.3) is 10.9 Å². The van der Waals surface area contributed by atoms with Crippen molar-refractivity contribution in [3.63, 3.8) is 0 Å². The molecule has 1 aliphatic heterocycles. The van der Waals surface area contributed by atoms with Crippen LogP contribution in [0.1, 0.15) is 34.5 Å². The fourth-order valence-electron chi connectivity index (χ4n) is 4.63. The van der Waals surface area contributed by atoms with Crippen molar-refractivity contribution in [3.8, 4) is 0 Å². The van der Waals surface area contributed by atoms with Gasteiger partial charge < -0.3 is 14.8 Å². The maximum atomic E-state index is 12.5. The fraction of sp³-hybridized carbons (Fsp3) is 0.308. The Morgan fingerprint density at radius 3 is 2.33 bits per heavy atom. The van der Waals surface area contributed by atoms with Crippen molar-refractivity contribution in [2.75, 3.05) is 32.7 Å². The second-order valence-electron chi connectivity index (χ2n) is 8.75. The number of hydrogen-bond donors (Lipinski definition) is 2. The van der Waals surface area contributed by atoms with E-state index in [0.29, 0.717) is 25.2 Å². The summed E-state index contributed by atoms with van der Waals surface area (Å²) in [5.74, 6) is -1.90. The van der Waals surface area contributed by atoms with E-state index in [1.165, 1.54) is 0 Å². The number of nitrogens with zero attached hydrogens (tertiary/aromatic N) is 3. The molecule has 0 aliphatic carbocycles. The van der Waals surface area contributed by atoms with Gasteiger partial charge in [0.05, 0.1) is 5.56 Å². The van der Waals surface area contributed by atoms with Crippen molar-refractivity contribution in [3.05, 3.63) is 83.6 Å². The van der Waals surface area contributed by atoms with E-state index in [1.54, 1.807) is 18.2 Å². The highest BCUT2D eigenvalue weighted by molar-refractivity contribution is 5.96. The van der Waals surface area contributed by atoms with Gasteiger partial charge in [-0.1, -0.05) is 48.6 Å². The number of rotatable bonds is 8. The second-order valence-corrected chi connectivity index (χ2v) is 8.75. The SMILES string of the molecule is C=C(C)CN1CCN(C(C(=O)O)c2cn(Cc3ccccc3)c3cc(C(=O)O)ccc23)CC1. The van der Waals surface area contributed by atoms with E-state index in [-0.39, 0.29) is 5.56 Å². The fourth-order valence-corrected chi connectivity index (χ4v) is 4.63. The molecule has 0 saturated carbocycles. The third kappa shape index (κ3) is 4.99. The van der Waals surface area contributed by atoms with Crippen LogP contribution in [0.5, 0.6) is 0 Å². The van der Waals surface area contributed by atoms with E-state index in [0.717, 1.165) is 41.7 Å². The lowest BCUT2D eigenvalue weighted by Gasteiger charge is -2.37. The highest BCUT2D eigenvalue weighted by Gasteiger charge is 2.33. The summed E-state index contributed by atoms with van der Waals surface area (Å²) in [7, 11) is 0. The maximum absolute atomic E-state index is 12.5. The van der Waals surface area contributed by atoms with Crippen molar-refractivity contribution >= 4 is 22.8 Å². The average molecular weight is 448 g/mol. The number of carboxylic acid groups (broad SMARTS) is 2. The lowest BCUT2D eigenvalue weighted by Crippen LogP contribution is -2.49. The molecule has 1 aromatic heterocycles. The lowest BCUT2D eigenvalue weighted by atomic mass is 10.0. The Labute approximate surface area is 193 Å². The Hall–Kier alpha value is -3.42. The van der Waals surface area contributed by atoms with Crippen LogP contribution in [0.4, 0.5) is 0 Å². The maximum Gasteiger partial charge on any atom is 0.335 e. The topological polar surface area (TPSA) is 86.0 Å². The summed E-state index contributed by atoms with van der Waals surface area (Å²) in [6, 6.07) is 14.0. The number of benzene rings is 2. The van der Waals surface area contributed by atoms with Crippen molar-refractivity contribution in [2.45, 2.75) is 19.5 Å². The number of aromatic carboxylic acids is 1. The van der Waals surface area contributed by atoms with Crippen LogP contribution in [-0.2, 0) is 11.3 Å². The van der Waals surface area contributed by atoms with Crippen molar-refractivity contribution in [1.29, 1.82) is 0 Å². The van der Waals surface area contributed by atoms with Crippen molar-refractivity contribution < 1.29 is 19.8 Å². The predicted octanol–water partition coefficient (Wildman–Crippen LogP) is 3.71. The molecule has 33 heavy (non-hydrogen) atoms.